The molecule has 2 aromatic heterocycles. The van der Waals surface area contributed by atoms with Gasteiger partial charge in [-0.2, -0.15) is 0 Å². The Balaban J connectivity index is 2.10. The molecule has 0 aromatic carbocycles. The van der Waals surface area contributed by atoms with Gasteiger partial charge in [-0.25, -0.2) is 4.98 Å². The SMILES string of the molecule is CNc1cncc(NC(C)c2ccncc2)n1. The molecule has 0 aliphatic rings. The van der Waals surface area contributed by atoms with Gasteiger partial charge in [0.1, 0.15) is 11.6 Å². The Morgan fingerprint density at radius 3 is 2.47 bits per heavy atom. The Bertz CT molecular complexity index is 471. The average Bonchev–Trinajstić information content (AvgIpc) is 2.40. The summed E-state index contributed by atoms with van der Waals surface area (Å²) in [7, 11) is 1.82. The fourth-order valence-electron chi connectivity index (χ4n) is 1.51. The molecular formula is C12H15N5. The maximum atomic E-state index is 4.36. The summed E-state index contributed by atoms with van der Waals surface area (Å²) < 4.78 is 0. The molecule has 0 aliphatic heterocycles. The smallest absolute Gasteiger partial charge is 0.147 e. The van der Waals surface area contributed by atoms with Crippen molar-refractivity contribution in [1.82, 2.24) is 15.0 Å². The minimum atomic E-state index is 0.166. The Morgan fingerprint density at radius 2 is 1.76 bits per heavy atom. The van der Waals surface area contributed by atoms with Crippen molar-refractivity contribution >= 4 is 11.6 Å². The quantitative estimate of drug-likeness (QED) is 0.840. The number of anilines is 2. The van der Waals surface area contributed by atoms with Gasteiger partial charge in [-0.3, -0.25) is 9.97 Å². The zero-order chi connectivity index (χ0) is 12.1. The van der Waals surface area contributed by atoms with Gasteiger partial charge in [-0.1, -0.05) is 0 Å². The lowest BCUT2D eigenvalue weighted by molar-refractivity contribution is 0.868. The number of pyridine rings is 1. The third-order valence-corrected chi connectivity index (χ3v) is 2.46. The lowest BCUT2D eigenvalue weighted by Gasteiger charge is -2.14. The van der Waals surface area contributed by atoms with Crippen molar-refractivity contribution < 1.29 is 0 Å². The number of nitrogens with one attached hydrogen (secondary N) is 2. The van der Waals surface area contributed by atoms with E-state index in [4.69, 9.17) is 0 Å². The van der Waals surface area contributed by atoms with E-state index < -0.39 is 0 Å². The first-order valence-electron chi connectivity index (χ1n) is 5.46. The van der Waals surface area contributed by atoms with Crippen molar-refractivity contribution in [2.75, 3.05) is 17.7 Å². The molecule has 0 amide bonds. The molecule has 0 fully saturated rings. The average molecular weight is 229 g/mol. The van der Waals surface area contributed by atoms with Crippen molar-refractivity contribution in [1.29, 1.82) is 0 Å². The monoisotopic (exact) mass is 229 g/mol. The van der Waals surface area contributed by atoms with E-state index in [1.807, 2.05) is 19.2 Å². The van der Waals surface area contributed by atoms with Crippen LogP contribution in [0.15, 0.2) is 36.9 Å². The standard InChI is InChI=1S/C12H15N5/c1-9(10-3-5-14-6-4-10)16-12-8-15-7-11(13-2)17-12/h3-9H,1-2H3,(H2,13,16,17). The van der Waals surface area contributed by atoms with Crippen molar-refractivity contribution in [3.05, 3.63) is 42.5 Å². The summed E-state index contributed by atoms with van der Waals surface area (Å²) in [5, 5.41) is 6.25. The molecule has 5 heteroatoms. The van der Waals surface area contributed by atoms with E-state index in [1.54, 1.807) is 24.8 Å². The maximum absolute atomic E-state index is 4.36. The van der Waals surface area contributed by atoms with Crippen molar-refractivity contribution in [2.24, 2.45) is 0 Å². The first-order valence-corrected chi connectivity index (χ1v) is 5.46. The molecule has 2 aromatic rings. The molecule has 1 unspecified atom stereocenters. The van der Waals surface area contributed by atoms with Gasteiger partial charge in [0.15, 0.2) is 0 Å². The summed E-state index contributed by atoms with van der Waals surface area (Å²) in [5.74, 6) is 1.50. The fraction of sp³-hybridized carbons (Fsp3) is 0.250. The van der Waals surface area contributed by atoms with Gasteiger partial charge in [-0.05, 0) is 24.6 Å². The highest BCUT2D eigenvalue weighted by Gasteiger charge is 2.05. The Labute approximate surface area is 100 Å². The molecule has 0 bridgehead atoms. The number of rotatable bonds is 4. The van der Waals surface area contributed by atoms with E-state index in [1.165, 1.54) is 0 Å². The van der Waals surface area contributed by atoms with E-state index >= 15 is 0 Å². The van der Waals surface area contributed by atoms with Crippen molar-refractivity contribution in [2.45, 2.75) is 13.0 Å². The molecule has 2 N–H and O–H groups in total. The topological polar surface area (TPSA) is 62.7 Å². The highest BCUT2D eigenvalue weighted by atomic mass is 15.1. The summed E-state index contributed by atoms with van der Waals surface area (Å²) in [6.07, 6.45) is 6.95. The lowest BCUT2D eigenvalue weighted by Crippen LogP contribution is -2.09. The van der Waals surface area contributed by atoms with E-state index in [-0.39, 0.29) is 6.04 Å². The zero-order valence-electron chi connectivity index (χ0n) is 9.88. The molecular weight excluding hydrogens is 214 g/mol. The van der Waals surface area contributed by atoms with Crippen LogP contribution in [0.2, 0.25) is 0 Å². The van der Waals surface area contributed by atoms with Gasteiger partial charge >= 0.3 is 0 Å². The number of aromatic nitrogens is 3. The summed E-state index contributed by atoms with van der Waals surface area (Å²) in [6.45, 7) is 2.07. The molecule has 0 saturated carbocycles. The second-order valence-electron chi connectivity index (χ2n) is 3.69. The van der Waals surface area contributed by atoms with E-state index in [9.17, 15) is 0 Å². The second kappa shape index (κ2) is 5.25. The summed E-state index contributed by atoms with van der Waals surface area (Å²) in [4.78, 5) is 12.5. The van der Waals surface area contributed by atoms with Gasteiger partial charge in [0.25, 0.3) is 0 Å². The van der Waals surface area contributed by atoms with E-state index in [2.05, 4.69) is 32.5 Å². The molecule has 0 saturated heterocycles. The number of hydrogen-bond acceptors (Lipinski definition) is 5. The maximum Gasteiger partial charge on any atom is 0.147 e. The first-order chi connectivity index (χ1) is 8.29. The molecule has 2 rings (SSSR count). The Morgan fingerprint density at radius 1 is 1.06 bits per heavy atom. The van der Waals surface area contributed by atoms with Crippen LogP contribution in [0.5, 0.6) is 0 Å². The number of nitrogens with zero attached hydrogens (tertiary/aromatic N) is 3. The molecule has 5 nitrogen and oxygen atoms in total. The molecule has 2 heterocycles. The summed E-state index contributed by atoms with van der Waals surface area (Å²) >= 11 is 0. The molecule has 0 aliphatic carbocycles. The molecule has 1 atom stereocenters. The molecule has 0 spiro atoms. The minimum absolute atomic E-state index is 0.166. The van der Waals surface area contributed by atoms with Crippen LogP contribution in [0.25, 0.3) is 0 Å². The Kier molecular flexibility index (Phi) is 3.49. The second-order valence-corrected chi connectivity index (χ2v) is 3.69. The number of hydrogen-bond donors (Lipinski definition) is 2. The molecule has 17 heavy (non-hydrogen) atoms. The van der Waals surface area contributed by atoms with E-state index in [0.29, 0.717) is 0 Å². The van der Waals surface area contributed by atoms with Crippen molar-refractivity contribution in [3.63, 3.8) is 0 Å². The largest absolute Gasteiger partial charge is 0.372 e. The van der Waals surface area contributed by atoms with Crippen LogP contribution in [-0.4, -0.2) is 22.0 Å². The van der Waals surface area contributed by atoms with Crippen LogP contribution >= 0.6 is 0 Å². The summed E-state index contributed by atoms with van der Waals surface area (Å²) in [6, 6.07) is 4.12. The van der Waals surface area contributed by atoms with Gasteiger partial charge in [0, 0.05) is 19.4 Å². The normalized spacial score (nSPS) is 11.9. The van der Waals surface area contributed by atoms with Crippen LogP contribution in [0, 0.1) is 0 Å². The first kappa shape index (κ1) is 11.3. The fourth-order valence-corrected chi connectivity index (χ4v) is 1.51. The van der Waals surface area contributed by atoms with Crippen LogP contribution in [0.1, 0.15) is 18.5 Å². The predicted molar refractivity (Wildman–Crippen MR) is 67.9 cm³/mol. The van der Waals surface area contributed by atoms with E-state index in [0.717, 1.165) is 17.2 Å². The van der Waals surface area contributed by atoms with Gasteiger partial charge in [0.05, 0.1) is 18.4 Å². The molecule has 88 valence electrons. The van der Waals surface area contributed by atoms with Crippen LogP contribution < -0.4 is 10.6 Å². The Hall–Kier alpha value is -2.17. The van der Waals surface area contributed by atoms with Gasteiger partial charge in [-0.15, -0.1) is 0 Å². The minimum Gasteiger partial charge on any atom is -0.372 e. The van der Waals surface area contributed by atoms with Gasteiger partial charge < -0.3 is 10.6 Å². The highest BCUT2D eigenvalue weighted by molar-refractivity contribution is 5.42. The third-order valence-electron chi connectivity index (χ3n) is 2.46. The zero-order valence-corrected chi connectivity index (χ0v) is 9.88. The lowest BCUT2D eigenvalue weighted by atomic mass is 10.1. The van der Waals surface area contributed by atoms with Crippen LogP contribution in [0.3, 0.4) is 0 Å². The van der Waals surface area contributed by atoms with Crippen LogP contribution in [0.4, 0.5) is 11.6 Å². The van der Waals surface area contributed by atoms with Crippen molar-refractivity contribution in [3.8, 4) is 0 Å². The molecule has 0 radical (unpaired) electrons. The predicted octanol–water partition coefficient (Wildman–Crippen LogP) is 2.09. The summed E-state index contributed by atoms with van der Waals surface area (Å²) in [5.41, 5.74) is 1.16. The van der Waals surface area contributed by atoms with Gasteiger partial charge in [0.2, 0.25) is 0 Å². The third kappa shape index (κ3) is 2.90. The highest BCUT2D eigenvalue weighted by Crippen LogP contribution is 2.17. The van der Waals surface area contributed by atoms with Crippen LogP contribution in [-0.2, 0) is 0 Å².